The summed E-state index contributed by atoms with van der Waals surface area (Å²) in [7, 11) is 3.49. The average Bonchev–Trinajstić information content (AvgIpc) is 3.60. The molecule has 1 aromatic heterocycles. The first-order valence-corrected chi connectivity index (χ1v) is 16.9. The predicted molar refractivity (Wildman–Crippen MR) is 191 cm³/mol. The Morgan fingerprint density at radius 1 is 0.979 bits per heavy atom. The maximum Gasteiger partial charge on any atom is 0.335 e. The number of carboxylic acid groups (broad SMARTS) is 1. The van der Waals surface area contributed by atoms with Gasteiger partial charge in [0.15, 0.2) is 11.5 Å². The predicted octanol–water partition coefficient (Wildman–Crippen LogP) is 5.93. The van der Waals surface area contributed by atoms with E-state index in [2.05, 4.69) is 39.8 Å². The second-order valence-electron chi connectivity index (χ2n) is 11.5. The summed E-state index contributed by atoms with van der Waals surface area (Å²) in [4.78, 5) is 29.2. The van der Waals surface area contributed by atoms with Crippen molar-refractivity contribution < 1.29 is 33.6 Å². The van der Waals surface area contributed by atoms with E-state index in [9.17, 15) is 14.7 Å². The van der Waals surface area contributed by atoms with Gasteiger partial charge in [-0.3, -0.25) is 14.6 Å². The molecule has 2 saturated heterocycles. The summed E-state index contributed by atoms with van der Waals surface area (Å²) in [5, 5.41) is 10.4. The second kappa shape index (κ2) is 15.2. The smallest absolute Gasteiger partial charge is 0.335 e. The third kappa shape index (κ3) is 7.68. The van der Waals surface area contributed by atoms with Crippen LogP contribution in [0, 0.1) is 0 Å². The number of thiocarbonyl (C=S) groups is 1. The highest BCUT2D eigenvalue weighted by molar-refractivity contribution is 8.26. The number of rotatable bonds is 13. The number of aryl methyl sites for hydroxylation is 1. The maximum atomic E-state index is 13.4. The topological polar surface area (TPSA) is 103 Å². The van der Waals surface area contributed by atoms with Crippen molar-refractivity contribution in [2.75, 3.05) is 59.7 Å². The second-order valence-corrected chi connectivity index (χ2v) is 13.1. The van der Waals surface area contributed by atoms with Gasteiger partial charge >= 0.3 is 5.97 Å². The van der Waals surface area contributed by atoms with Crippen LogP contribution in [-0.4, -0.2) is 95.4 Å². The van der Waals surface area contributed by atoms with E-state index < -0.39 is 5.97 Å². The molecule has 250 valence electrons. The molecule has 0 radical (unpaired) electrons. The maximum absolute atomic E-state index is 13.4. The van der Waals surface area contributed by atoms with Crippen molar-refractivity contribution in [1.82, 2.24) is 14.4 Å². The Morgan fingerprint density at radius 2 is 1.77 bits per heavy atom. The number of carboxylic acids is 1. The van der Waals surface area contributed by atoms with Crippen LogP contribution in [0.1, 0.15) is 22.3 Å². The van der Waals surface area contributed by atoms with Crippen molar-refractivity contribution in [3.05, 3.63) is 82.9 Å². The molecule has 0 bridgehead atoms. The van der Waals surface area contributed by atoms with Gasteiger partial charge < -0.3 is 28.6 Å². The molecule has 0 unspecified atom stereocenters. The number of carbonyl (C=O) groups is 2. The molecule has 2 aliphatic heterocycles. The summed E-state index contributed by atoms with van der Waals surface area (Å²) in [6.07, 6.45) is 4.45. The molecule has 0 saturated carbocycles. The third-order valence-corrected chi connectivity index (χ3v) is 9.71. The first-order valence-electron chi connectivity index (χ1n) is 15.7. The van der Waals surface area contributed by atoms with Gasteiger partial charge in [0, 0.05) is 55.9 Å². The Balaban J connectivity index is 1.15. The minimum atomic E-state index is -1.05. The van der Waals surface area contributed by atoms with Gasteiger partial charge in [-0.2, -0.15) is 0 Å². The molecule has 3 aromatic carbocycles. The molecule has 2 aliphatic rings. The number of hydrogen-bond acceptors (Lipinski definition) is 9. The van der Waals surface area contributed by atoms with E-state index in [0.717, 1.165) is 66.2 Å². The van der Waals surface area contributed by atoms with Gasteiger partial charge in [-0.05, 0) is 72.2 Å². The molecule has 4 aromatic rings. The Labute approximate surface area is 288 Å². The van der Waals surface area contributed by atoms with Gasteiger partial charge in [0.1, 0.15) is 16.7 Å². The first kappa shape index (κ1) is 33.5. The summed E-state index contributed by atoms with van der Waals surface area (Å²) in [6, 6.07) is 18.9. The number of ether oxygens (including phenoxy) is 4. The minimum Gasteiger partial charge on any atom is -0.493 e. The highest BCUT2D eigenvalue weighted by Crippen LogP contribution is 2.37. The number of benzene rings is 3. The van der Waals surface area contributed by atoms with E-state index >= 15 is 0 Å². The van der Waals surface area contributed by atoms with Crippen molar-refractivity contribution in [3.8, 4) is 28.4 Å². The van der Waals surface area contributed by atoms with E-state index in [1.165, 1.54) is 31.0 Å². The van der Waals surface area contributed by atoms with Crippen LogP contribution in [0.2, 0.25) is 0 Å². The Bertz CT molecular complexity index is 1870. The number of aromatic carboxylic acids is 1. The number of hydrogen-bond donors (Lipinski definition) is 1. The Hall–Kier alpha value is -4.36. The number of methoxy groups -OCH3 is 1. The highest BCUT2D eigenvalue weighted by atomic mass is 32.2. The van der Waals surface area contributed by atoms with Crippen molar-refractivity contribution in [2.45, 2.75) is 6.42 Å². The van der Waals surface area contributed by atoms with E-state index in [4.69, 9.17) is 31.2 Å². The number of nitrogens with zero attached hydrogens (tertiary/aromatic N) is 3. The zero-order valence-corrected chi connectivity index (χ0v) is 28.5. The zero-order valence-electron chi connectivity index (χ0n) is 26.8. The summed E-state index contributed by atoms with van der Waals surface area (Å²) in [5.74, 6) is 0.364. The van der Waals surface area contributed by atoms with Gasteiger partial charge in [0.05, 0.1) is 37.4 Å². The summed E-state index contributed by atoms with van der Waals surface area (Å²) < 4.78 is 25.5. The van der Waals surface area contributed by atoms with Crippen molar-refractivity contribution in [2.24, 2.45) is 7.05 Å². The lowest BCUT2D eigenvalue weighted by atomic mass is 10.00. The van der Waals surface area contributed by atoms with Crippen LogP contribution >= 0.6 is 24.0 Å². The molecule has 10 nitrogen and oxygen atoms in total. The minimum absolute atomic E-state index is 0.110. The van der Waals surface area contributed by atoms with Crippen LogP contribution in [0.3, 0.4) is 0 Å². The number of aromatic nitrogens is 1. The lowest BCUT2D eigenvalue weighted by Gasteiger charge is -2.26. The van der Waals surface area contributed by atoms with Crippen LogP contribution in [0.5, 0.6) is 17.2 Å². The van der Waals surface area contributed by atoms with Crippen molar-refractivity contribution >= 4 is 57.2 Å². The molecule has 3 heterocycles. The van der Waals surface area contributed by atoms with Gasteiger partial charge in [-0.25, -0.2) is 4.79 Å². The zero-order chi connectivity index (χ0) is 33.6. The van der Waals surface area contributed by atoms with Crippen molar-refractivity contribution in [3.63, 3.8) is 0 Å². The van der Waals surface area contributed by atoms with E-state index in [1.54, 1.807) is 11.0 Å². The first-order chi connectivity index (χ1) is 23.3. The van der Waals surface area contributed by atoms with Crippen LogP contribution in [0.25, 0.3) is 28.1 Å². The fourth-order valence-electron chi connectivity index (χ4n) is 5.72. The molecule has 12 heteroatoms. The van der Waals surface area contributed by atoms with E-state index in [-0.39, 0.29) is 11.5 Å². The highest BCUT2D eigenvalue weighted by Gasteiger charge is 2.31. The van der Waals surface area contributed by atoms with Crippen molar-refractivity contribution in [1.29, 1.82) is 0 Å². The summed E-state index contributed by atoms with van der Waals surface area (Å²) >= 11 is 6.87. The van der Waals surface area contributed by atoms with Crippen LogP contribution in [0.4, 0.5) is 0 Å². The number of morpholine rings is 1. The lowest BCUT2D eigenvalue weighted by molar-refractivity contribution is -0.122. The number of carbonyl (C=O) groups excluding carboxylic acids is 1. The molecule has 6 rings (SSSR count). The molecule has 0 aliphatic carbocycles. The van der Waals surface area contributed by atoms with Crippen LogP contribution < -0.4 is 14.2 Å². The van der Waals surface area contributed by atoms with Crippen LogP contribution in [0.15, 0.2) is 71.8 Å². The molecular weight excluding hydrogens is 651 g/mol. The molecular formula is C36H37N3O7S2. The van der Waals surface area contributed by atoms with Crippen LogP contribution in [-0.2, 0) is 16.6 Å². The lowest BCUT2D eigenvalue weighted by Crippen LogP contribution is -2.38. The number of amides is 1. The Kier molecular flexibility index (Phi) is 10.7. The number of thioether (sulfide) groups is 1. The average molecular weight is 688 g/mol. The largest absolute Gasteiger partial charge is 0.493 e. The fourth-order valence-corrected chi connectivity index (χ4v) is 7.02. The molecule has 1 N–H and O–H groups in total. The molecule has 1 amide bonds. The molecule has 0 spiro atoms. The van der Waals surface area contributed by atoms with E-state index in [0.29, 0.717) is 46.9 Å². The quantitative estimate of drug-likeness (QED) is 0.103. The standard InChI is InChI=1S/C36H37N3O7S2/c1-37-12-10-26-22-25(5-7-29(26)37)28-20-24(4-8-30(28)46-19-15-38-13-17-44-18-14-38)21-33-34(40)39(36(47)48-33)11-3-16-45-31-9-6-27(35(41)42)23-32(31)43-2/h4-10,12,20-23H,3,11,13-19H2,1-2H3,(H,41,42)/b33-21-. The third-order valence-electron chi connectivity index (χ3n) is 8.33. The fraction of sp³-hybridized carbons (Fsp3) is 0.306. The van der Waals surface area contributed by atoms with Gasteiger partial charge in [-0.15, -0.1) is 0 Å². The Morgan fingerprint density at radius 3 is 2.56 bits per heavy atom. The normalized spacial score (nSPS) is 16.2. The summed E-state index contributed by atoms with van der Waals surface area (Å²) in [5.41, 5.74) is 4.12. The molecule has 0 atom stereocenters. The van der Waals surface area contributed by atoms with Gasteiger partial charge in [-0.1, -0.05) is 36.1 Å². The SMILES string of the molecule is COc1cc(C(=O)O)ccc1OCCCN1C(=O)/C(=C/c2ccc(OCCN3CCOCC3)c(-c3ccc4c(ccn4C)c3)c2)SC1=S. The monoisotopic (exact) mass is 687 g/mol. The number of fused-ring (bicyclic) bond motifs is 1. The van der Waals surface area contributed by atoms with Gasteiger partial charge in [0.25, 0.3) is 5.91 Å². The summed E-state index contributed by atoms with van der Waals surface area (Å²) in [6.45, 7) is 5.36. The molecule has 48 heavy (non-hydrogen) atoms. The molecule has 2 fully saturated rings. The van der Waals surface area contributed by atoms with E-state index in [1.807, 2.05) is 31.5 Å². The van der Waals surface area contributed by atoms with Gasteiger partial charge in [0.2, 0.25) is 0 Å².